The summed E-state index contributed by atoms with van der Waals surface area (Å²) in [6.45, 7) is 11.1. The third kappa shape index (κ3) is 4.68. The third-order valence-electron chi connectivity index (χ3n) is 4.17. The molecule has 1 fully saturated rings. The maximum absolute atomic E-state index is 12.2. The van der Waals surface area contributed by atoms with Crippen molar-refractivity contribution in [3.63, 3.8) is 0 Å². The number of rotatable bonds is 5. The number of piperidine rings is 1. The fourth-order valence-electron chi connectivity index (χ4n) is 2.63. The number of amides is 1. The molecule has 1 aliphatic heterocycles. The monoisotopic (exact) mass is 304 g/mol. The van der Waals surface area contributed by atoms with Crippen LogP contribution in [0.3, 0.4) is 0 Å². The van der Waals surface area contributed by atoms with Gasteiger partial charge in [0.05, 0.1) is 0 Å². The van der Waals surface area contributed by atoms with Gasteiger partial charge in [-0.3, -0.25) is 4.79 Å². The highest BCUT2D eigenvalue weighted by Gasteiger charge is 2.19. The summed E-state index contributed by atoms with van der Waals surface area (Å²) in [7, 11) is 0. The van der Waals surface area contributed by atoms with E-state index in [0.29, 0.717) is 24.0 Å². The fourth-order valence-corrected chi connectivity index (χ4v) is 2.63. The van der Waals surface area contributed by atoms with Gasteiger partial charge in [-0.25, -0.2) is 9.97 Å². The van der Waals surface area contributed by atoms with Gasteiger partial charge in [-0.2, -0.15) is 0 Å². The van der Waals surface area contributed by atoms with E-state index in [0.717, 1.165) is 31.2 Å². The topological polar surface area (TPSA) is 58.1 Å². The molecule has 2 rings (SSSR count). The SMILES string of the molecule is Cc1nc(C(=O)NCCC(C)C)cc(N2CCC(C)CC2)n1. The van der Waals surface area contributed by atoms with E-state index in [1.165, 1.54) is 12.8 Å². The number of carbonyl (C=O) groups is 1. The molecule has 1 aliphatic rings. The maximum atomic E-state index is 12.2. The van der Waals surface area contributed by atoms with Gasteiger partial charge in [-0.1, -0.05) is 20.8 Å². The average molecular weight is 304 g/mol. The normalized spacial score (nSPS) is 16.1. The van der Waals surface area contributed by atoms with Crippen molar-refractivity contribution < 1.29 is 4.79 Å². The Kier molecular flexibility index (Phi) is 5.75. The molecule has 1 saturated heterocycles. The quantitative estimate of drug-likeness (QED) is 0.909. The zero-order valence-corrected chi connectivity index (χ0v) is 14.2. The summed E-state index contributed by atoms with van der Waals surface area (Å²) >= 11 is 0. The molecular formula is C17H28N4O. The van der Waals surface area contributed by atoms with Gasteiger partial charge in [-0.05, 0) is 38.0 Å². The Balaban J connectivity index is 2.04. The van der Waals surface area contributed by atoms with Crippen molar-refractivity contribution in [2.24, 2.45) is 11.8 Å². The minimum absolute atomic E-state index is 0.0993. The van der Waals surface area contributed by atoms with E-state index in [-0.39, 0.29) is 5.91 Å². The Morgan fingerprint density at radius 1 is 1.36 bits per heavy atom. The van der Waals surface area contributed by atoms with Crippen molar-refractivity contribution in [3.8, 4) is 0 Å². The Bertz CT molecular complexity index is 507. The number of aryl methyl sites for hydroxylation is 1. The first-order chi connectivity index (χ1) is 10.5. The summed E-state index contributed by atoms with van der Waals surface area (Å²) in [5.74, 6) is 2.80. The lowest BCUT2D eigenvalue weighted by Gasteiger charge is -2.31. The molecule has 2 heterocycles. The van der Waals surface area contributed by atoms with Gasteiger partial charge in [0.1, 0.15) is 17.3 Å². The van der Waals surface area contributed by atoms with Crippen molar-refractivity contribution in [2.45, 2.75) is 47.0 Å². The first-order valence-electron chi connectivity index (χ1n) is 8.34. The number of carbonyl (C=O) groups excluding carboxylic acids is 1. The molecule has 22 heavy (non-hydrogen) atoms. The van der Waals surface area contributed by atoms with Crippen LogP contribution in [0.25, 0.3) is 0 Å². The van der Waals surface area contributed by atoms with Crippen LogP contribution in [-0.4, -0.2) is 35.5 Å². The molecule has 0 bridgehead atoms. The molecule has 1 N–H and O–H groups in total. The van der Waals surface area contributed by atoms with Crippen LogP contribution in [0, 0.1) is 18.8 Å². The molecule has 5 heteroatoms. The zero-order chi connectivity index (χ0) is 16.1. The summed E-state index contributed by atoms with van der Waals surface area (Å²) in [4.78, 5) is 23.3. The zero-order valence-electron chi connectivity index (χ0n) is 14.2. The second kappa shape index (κ2) is 7.56. The van der Waals surface area contributed by atoms with Crippen LogP contribution in [0.15, 0.2) is 6.07 Å². The van der Waals surface area contributed by atoms with Crippen LogP contribution in [-0.2, 0) is 0 Å². The summed E-state index contributed by atoms with van der Waals surface area (Å²) < 4.78 is 0. The minimum Gasteiger partial charge on any atom is -0.356 e. The molecule has 0 aromatic carbocycles. The molecular weight excluding hydrogens is 276 g/mol. The van der Waals surface area contributed by atoms with Gasteiger partial charge in [0, 0.05) is 25.7 Å². The molecule has 5 nitrogen and oxygen atoms in total. The molecule has 0 spiro atoms. The summed E-state index contributed by atoms with van der Waals surface area (Å²) in [6, 6.07) is 1.83. The minimum atomic E-state index is -0.0993. The van der Waals surface area contributed by atoms with Crippen LogP contribution in [0.1, 0.15) is 56.3 Å². The number of nitrogens with zero attached hydrogens (tertiary/aromatic N) is 3. The highest BCUT2D eigenvalue weighted by atomic mass is 16.1. The first-order valence-corrected chi connectivity index (χ1v) is 8.34. The van der Waals surface area contributed by atoms with E-state index in [1.54, 1.807) is 0 Å². The Hall–Kier alpha value is -1.65. The number of hydrogen-bond acceptors (Lipinski definition) is 4. The molecule has 0 unspecified atom stereocenters. The first kappa shape index (κ1) is 16.7. The van der Waals surface area contributed by atoms with E-state index in [4.69, 9.17) is 0 Å². The highest BCUT2D eigenvalue weighted by molar-refractivity contribution is 5.92. The van der Waals surface area contributed by atoms with Crippen LogP contribution >= 0.6 is 0 Å². The Morgan fingerprint density at radius 3 is 2.68 bits per heavy atom. The van der Waals surface area contributed by atoms with Crippen molar-refractivity contribution >= 4 is 11.7 Å². The lowest BCUT2D eigenvalue weighted by Crippen LogP contribution is -2.34. The van der Waals surface area contributed by atoms with Gasteiger partial charge >= 0.3 is 0 Å². The molecule has 1 amide bonds. The van der Waals surface area contributed by atoms with Crippen molar-refractivity contribution in [1.82, 2.24) is 15.3 Å². The van der Waals surface area contributed by atoms with Crippen molar-refractivity contribution in [3.05, 3.63) is 17.6 Å². The molecule has 0 atom stereocenters. The Morgan fingerprint density at radius 2 is 2.05 bits per heavy atom. The second-order valence-corrected chi connectivity index (χ2v) is 6.77. The van der Waals surface area contributed by atoms with Crippen LogP contribution in [0.4, 0.5) is 5.82 Å². The van der Waals surface area contributed by atoms with Gasteiger partial charge in [0.25, 0.3) is 5.91 Å². The van der Waals surface area contributed by atoms with E-state index >= 15 is 0 Å². The van der Waals surface area contributed by atoms with Crippen LogP contribution < -0.4 is 10.2 Å². The lowest BCUT2D eigenvalue weighted by molar-refractivity contribution is 0.0946. The third-order valence-corrected chi connectivity index (χ3v) is 4.17. The van der Waals surface area contributed by atoms with Crippen molar-refractivity contribution in [1.29, 1.82) is 0 Å². The molecule has 1 aromatic heterocycles. The van der Waals surface area contributed by atoms with Crippen LogP contribution in [0.5, 0.6) is 0 Å². The van der Waals surface area contributed by atoms with Crippen LogP contribution in [0.2, 0.25) is 0 Å². The number of aromatic nitrogens is 2. The smallest absolute Gasteiger partial charge is 0.270 e. The highest BCUT2D eigenvalue weighted by Crippen LogP contribution is 2.21. The van der Waals surface area contributed by atoms with Gasteiger partial charge < -0.3 is 10.2 Å². The van der Waals surface area contributed by atoms with Gasteiger partial charge in [-0.15, -0.1) is 0 Å². The van der Waals surface area contributed by atoms with Crippen molar-refractivity contribution in [2.75, 3.05) is 24.5 Å². The molecule has 0 aliphatic carbocycles. The Labute approximate surface area is 133 Å². The molecule has 0 radical (unpaired) electrons. The van der Waals surface area contributed by atoms with E-state index < -0.39 is 0 Å². The predicted octanol–water partition coefficient (Wildman–Crippen LogP) is 2.80. The molecule has 1 aromatic rings. The largest absolute Gasteiger partial charge is 0.356 e. The molecule has 122 valence electrons. The number of anilines is 1. The predicted molar refractivity (Wildman–Crippen MR) is 89.2 cm³/mol. The van der Waals surface area contributed by atoms with Gasteiger partial charge in [0.2, 0.25) is 0 Å². The maximum Gasteiger partial charge on any atom is 0.270 e. The number of hydrogen-bond donors (Lipinski definition) is 1. The molecule has 0 saturated carbocycles. The van der Waals surface area contributed by atoms with E-state index in [2.05, 4.69) is 41.0 Å². The average Bonchev–Trinajstić information content (AvgIpc) is 2.46. The van der Waals surface area contributed by atoms with E-state index in [9.17, 15) is 4.79 Å². The fraction of sp³-hybridized carbons (Fsp3) is 0.706. The summed E-state index contributed by atoms with van der Waals surface area (Å²) in [6.07, 6.45) is 3.34. The standard InChI is InChI=1S/C17H28N4O/c1-12(2)5-8-18-17(22)15-11-16(20-14(4)19-15)21-9-6-13(3)7-10-21/h11-13H,5-10H2,1-4H3,(H,18,22). The lowest BCUT2D eigenvalue weighted by atomic mass is 9.99. The summed E-state index contributed by atoms with van der Waals surface area (Å²) in [5, 5.41) is 2.95. The number of nitrogens with one attached hydrogen (secondary N) is 1. The summed E-state index contributed by atoms with van der Waals surface area (Å²) in [5.41, 5.74) is 0.477. The van der Waals surface area contributed by atoms with E-state index in [1.807, 2.05) is 13.0 Å². The van der Waals surface area contributed by atoms with Gasteiger partial charge in [0.15, 0.2) is 0 Å². The second-order valence-electron chi connectivity index (χ2n) is 6.77.